The number of carbonyl (C=O) groups excluding carboxylic acids is 1. The number of hydrogen-bond donors (Lipinski definition) is 1. The fourth-order valence-corrected chi connectivity index (χ4v) is 2.87. The minimum Gasteiger partial charge on any atom is -0.352 e. The summed E-state index contributed by atoms with van der Waals surface area (Å²) in [4.78, 5) is 16.1. The normalized spacial score (nSPS) is 10.7. The highest BCUT2D eigenvalue weighted by atomic mass is 19.1. The first kappa shape index (κ1) is 17.8. The van der Waals surface area contributed by atoms with E-state index in [1.54, 1.807) is 30.3 Å². The lowest BCUT2D eigenvalue weighted by atomic mass is 10.0. The lowest BCUT2D eigenvalue weighted by molar-refractivity contribution is 0.0952. The molecule has 0 aliphatic heterocycles. The van der Waals surface area contributed by atoms with Gasteiger partial charge in [-0.25, -0.2) is 4.39 Å². The molecule has 3 aromatic rings. The molecule has 5 nitrogen and oxygen atoms in total. The second-order valence-electron chi connectivity index (χ2n) is 6.20. The molecule has 26 heavy (non-hydrogen) atoms. The van der Waals surface area contributed by atoms with Crippen molar-refractivity contribution in [3.63, 3.8) is 0 Å². The lowest BCUT2D eigenvalue weighted by Crippen LogP contribution is -2.25. The van der Waals surface area contributed by atoms with Crippen molar-refractivity contribution in [2.75, 3.05) is 6.54 Å². The van der Waals surface area contributed by atoms with Gasteiger partial charge in [0.2, 0.25) is 0 Å². The first-order valence-electron chi connectivity index (χ1n) is 8.54. The Labute approximate surface area is 151 Å². The maximum Gasteiger partial charge on any atom is 0.251 e. The minimum absolute atomic E-state index is 0.172. The number of aromatic nitrogens is 3. The quantitative estimate of drug-likeness (QED) is 0.691. The Balaban J connectivity index is 1.59. The number of halogens is 1. The lowest BCUT2D eigenvalue weighted by Gasteiger charge is -2.08. The number of nitrogens with one attached hydrogen (secondary N) is 1. The van der Waals surface area contributed by atoms with E-state index in [-0.39, 0.29) is 5.91 Å². The van der Waals surface area contributed by atoms with Gasteiger partial charge in [0, 0.05) is 36.1 Å². The number of pyridine rings is 1. The summed E-state index contributed by atoms with van der Waals surface area (Å²) in [5, 5.41) is 7.30. The Bertz CT molecular complexity index is 920. The van der Waals surface area contributed by atoms with Gasteiger partial charge in [-0.1, -0.05) is 12.1 Å². The zero-order valence-corrected chi connectivity index (χ0v) is 14.9. The van der Waals surface area contributed by atoms with Crippen LogP contribution in [0.2, 0.25) is 0 Å². The third-order valence-corrected chi connectivity index (χ3v) is 4.14. The second kappa shape index (κ2) is 7.91. The smallest absolute Gasteiger partial charge is 0.251 e. The zero-order valence-electron chi connectivity index (χ0n) is 14.9. The Morgan fingerprint density at radius 2 is 2.08 bits per heavy atom. The number of nitrogens with zero attached hydrogens (tertiary/aromatic N) is 3. The van der Waals surface area contributed by atoms with Crippen molar-refractivity contribution >= 4 is 5.91 Å². The Kier molecular flexibility index (Phi) is 5.41. The van der Waals surface area contributed by atoms with Crippen LogP contribution in [0, 0.1) is 19.7 Å². The third kappa shape index (κ3) is 4.14. The second-order valence-corrected chi connectivity index (χ2v) is 6.20. The van der Waals surface area contributed by atoms with Crippen LogP contribution in [0.3, 0.4) is 0 Å². The van der Waals surface area contributed by atoms with E-state index in [0.717, 1.165) is 24.4 Å². The molecule has 0 aliphatic carbocycles. The Morgan fingerprint density at radius 3 is 2.81 bits per heavy atom. The SMILES string of the molecule is Cc1cc(C)n(CCCNC(=O)c2cccc(-c3ccncc3F)c2)n1. The molecule has 0 saturated carbocycles. The molecule has 1 N–H and O–H groups in total. The highest BCUT2D eigenvalue weighted by Gasteiger charge is 2.09. The summed E-state index contributed by atoms with van der Waals surface area (Å²) in [5.74, 6) is -0.579. The van der Waals surface area contributed by atoms with Crippen molar-refractivity contribution in [3.8, 4) is 11.1 Å². The summed E-state index contributed by atoms with van der Waals surface area (Å²) in [6, 6.07) is 10.6. The molecule has 3 rings (SSSR count). The molecule has 0 saturated heterocycles. The molecule has 134 valence electrons. The van der Waals surface area contributed by atoms with Gasteiger partial charge in [0.1, 0.15) is 5.82 Å². The predicted molar refractivity (Wildman–Crippen MR) is 98.3 cm³/mol. The van der Waals surface area contributed by atoms with Crippen molar-refractivity contribution in [1.29, 1.82) is 0 Å². The fourth-order valence-electron chi connectivity index (χ4n) is 2.87. The molecule has 1 aromatic carbocycles. The van der Waals surface area contributed by atoms with E-state index in [0.29, 0.717) is 23.2 Å². The largest absolute Gasteiger partial charge is 0.352 e. The van der Waals surface area contributed by atoms with E-state index in [9.17, 15) is 9.18 Å². The van der Waals surface area contributed by atoms with Gasteiger partial charge in [0.15, 0.2) is 0 Å². The van der Waals surface area contributed by atoms with E-state index >= 15 is 0 Å². The van der Waals surface area contributed by atoms with E-state index in [2.05, 4.69) is 15.4 Å². The van der Waals surface area contributed by atoms with Gasteiger partial charge in [-0.05, 0) is 50.1 Å². The number of amides is 1. The van der Waals surface area contributed by atoms with Crippen LogP contribution in [0.5, 0.6) is 0 Å². The molecule has 0 atom stereocenters. The number of benzene rings is 1. The maximum absolute atomic E-state index is 13.9. The monoisotopic (exact) mass is 352 g/mol. The molecular formula is C20H21FN4O. The Hall–Kier alpha value is -3.02. The zero-order chi connectivity index (χ0) is 18.5. The van der Waals surface area contributed by atoms with Crippen molar-refractivity contribution in [1.82, 2.24) is 20.1 Å². The van der Waals surface area contributed by atoms with E-state index in [1.807, 2.05) is 24.6 Å². The Morgan fingerprint density at radius 1 is 1.23 bits per heavy atom. The van der Waals surface area contributed by atoms with Crippen molar-refractivity contribution < 1.29 is 9.18 Å². The van der Waals surface area contributed by atoms with Crippen LogP contribution in [0.15, 0.2) is 48.8 Å². The summed E-state index contributed by atoms with van der Waals surface area (Å²) < 4.78 is 15.8. The topological polar surface area (TPSA) is 59.8 Å². The molecule has 6 heteroatoms. The molecular weight excluding hydrogens is 331 g/mol. The van der Waals surface area contributed by atoms with Gasteiger partial charge in [0.05, 0.1) is 11.9 Å². The van der Waals surface area contributed by atoms with E-state index < -0.39 is 5.82 Å². The van der Waals surface area contributed by atoms with Gasteiger partial charge in [-0.3, -0.25) is 14.5 Å². The van der Waals surface area contributed by atoms with Crippen LogP contribution in [0.1, 0.15) is 28.2 Å². The number of aryl methyl sites for hydroxylation is 3. The van der Waals surface area contributed by atoms with Crippen LogP contribution in [0.4, 0.5) is 4.39 Å². The third-order valence-electron chi connectivity index (χ3n) is 4.14. The molecule has 0 bridgehead atoms. The van der Waals surface area contributed by atoms with Crippen LogP contribution < -0.4 is 5.32 Å². The van der Waals surface area contributed by atoms with E-state index in [4.69, 9.17) is 0 Å². The number of hydrogen-bond acceptors (Lipinski definition) is 3. The predicted octanol–water partition coefficient (Wildman–Crippen LogP) is 3.52. The average molecular weight is 352 g/mol. The number of rotatable bonds is 6. The first-order valence-corrected chi connectivity index (χ1v) is 8.54. The van der Waals surface area contributed by atoms with Crippen LogP contribution >= 0.6 is 0 Å². The molecule has 2 heterocycles. The molecule has 2 aromatic heterocycles. The van der Waals surface area contributed by atoms with Gasteiger partial charge in [-0.15, -0.1) is 0 Å². The van der Waals surface area contributed by atoms with Crippen LogP contribution in [-0.4, -0.2) is 27.2 Å². The van der Waals surface area contributed by atoms with Crippen LogP contribution in [0.25, 0.3) is 11.1 Å². The summed E-state index contributed by atoms with van der Waals surface area (Å²) in [6.45, 7) is 5.28. The van der Waals surface area contributed by atoms with Crippen molar-refractivity contribution in [3.05, 3.63) is 71.6 Å². The average Bonchev–Trinajstić information content (AvgIpc) is 2.96. The van der Waals surface area contributed by atoms with Crippen LogP contribution in [-0.2, 0) is 6.54 Å². The van der Waals surface area contributed by atoms with E-state index in [1.165, 1.54) is 12.4 Å². The summed E-state index contributed by atoms with van der Waals surface area (Å²) in [5.41, 5.74) is 3.69. The summed E-state index contributed by atoms with van der Waals surface area (Å²) in [7, 11) is 0. The molecule has 0 aliphatic rings. The number of carbonyl (C=O) groups is 1. The van der Waals surface area contributed by atoms with Crippen molar-refractivity contribution in [2.45, 2.75) is 26.8 Å². The maximum atomic E-state index is 13.9. The molecule has 0 unspecified atom stereocenters. The first-order chi connectivity index (χ1) is 12.5. The van der Waals surface area contributed by atoms with Crippen molar-refractivity contribution in [2.24, 2.45) is 0 Å². The highest BCUT2D eigenvalue weighted by Crippen LogP contribution is 2.22. The molecule has 0 spiro atoms. The standard InChI is InChI=1S/C20H21FN4O/c1-14-11-15(2)25(24-14)10-4-8-23-20(26)17-6-3-5-16(12-17)18-7-9-22-13-19(18)21/h3,5-7,9,11-13H,4,8,10H2,1-2H3,(H,23,26). The van der Waals surface area contributed by atoms with Gasteiger partial charge in [0.25, 0.3) is 5.91 Å². The molecule has 0 fully saturated rings. The molecule has 0 radical (unpaired) electrons. The minimum atomic E-state index is -0.407. The molecule has 1 amide bonds. The fraction of sp³-hybridized carbons (Fsp3) is 0.250. The summed E-state index contributed by atoms with van der Waals surface area (Å²) in [6.07, 6.45) is 3.48. The van der Waals surface area contributed by atoms with Gasteiger partial charge < -0.3 is 5.32 Å². The summed E-state index contributed by atoms with van der Waals surface area (Å²) >= 11 is 0. The van der Waals surface area contributed by atoms with Gasteiger partial charge >= 0.3 is 0 Å². The highest BCUT2D eigenvalue weighted by molar-refractivity contribution is 5.95. The van der Waals surface area contributed by atoms with Gasteiger partial charge in [-0.2, -0.15) is 5.10 Å².